The highest BCUT2D eigenvalue weighted by molar-refractivity contribution is 5.81. The smallest absolute Gasteiger partial charge is 0.390 e. The van der Waals surface area contributed by atoms with E-state index in [4.69, 9.17) is 15.2 Å². The number of rotatable bonds is 8. The van der Waals surface area contributed by atoms with Gasteiger partial charge in [0.2, 0.25) is 0 Å². The molecular formula is C33H29F3N4O5. The standard InChI is InChI=1S/C33H29F3N4O5/c34-33(35,36)30(42)38-18-10-11-22-20-40(31(43)39-29(22)37)28-19-26(41)27(45-28)21-44-32(23-12-4-1-5-13-23,24-14-6-2-7-15-24)25-16-8-3-9-17-25/h1-9,12-17,20,26-28,41H,18-19,21H2,(H,38,42)(H2,37,39,43)/t26-,27+,28+/m0/s1. The van der Waals surface area contributed by atoms with Crippen LogP contribution < -0.4 is 16.7 Å². The highest BCUT2D eigenvalue weighted by atomic mass is 19.4. The topological polar surface area (TPSA) is 129 Å². The predicted molar refractivity (Wildman–Crippen MR) is 159 cm³/mol. The van der Waals surface area contributed by atoms with Gasteiger partial charge in [-0.3, -0.25) is 9.36 Å². The maximum atomic E-state index is 12.7. The molecule has 3 aromatic carbocycles. The summed E-state index contributed by atoms with van der Waals surface area (Å²) in [5, 5.41) is 12.6. The fourth-order valence-corrected chi connectivity index (χ4v) is 5.16. The molecule has 3 atom stereocenters. The van der Waals surface area contributed by atoms with Gasteiger partial charge in [-0.1, -0.05) is 103 Å². The van der Waals surface area contributed by atoms with Crippen LogP contribution in [0.4, 0.5) is 19.0 Å². The molecule has 0 bridgehead atoms. The van der Waals surface area contributed by atoms with Crippen LogP contribution in [0.15, 0.2) is 102 Å². The molecule has 9 nitrogen and oxygen atoms in total. The number of carbonyl (C=O) groups is 1. The van der Waals surface area contributed by atoms with Gasteiger partial charge in [0, 0.05) is 12.6 Å². The van der Waals surface area contributed by atoms with Crippen LogP contribution in [-0.2, 0) is 19.9 Å². The molecule has 232 valence electrons. The molecule has 1 amide bonds. The Morgan fingerprint density at radius 1 is 1.00 bits per heavy atom. The quantitative estimate of drug-likeness (QED) is 0.204. The lowest BCUT2D eigenvalue weighted by Crippen LogP contribution is -2.38. The molecule has 1 fully saturated rings. The molecule has 0 spiro atoms. The summed E-state index contributed by atoms with van der Waals surface area (Å²) in [7, 11) is 0. The number of hydrogen-bond donors (Lipinski definition) is 3. The van der Waals surface area contributed by atoms with Crippen molar-refractivity contribution in [2.45, 2.75) is 36.6 Å². The molecule has 12 heteroatoms. The number of nitrogen functional groups attached to an aromatic ring is 1. The van der Waals surface area contributed by atoms with Crippen LogP contribution in [0.3, 0.4) is 0 Å². The van der Waals surface area contributed by atoms with Gasteiger partial charge in [-0.15, -0.1) is 0 Å². The maximum Gasteiger partial charge on any atom is 0.471 e. The third kappa shape index (κ3) is 6.91. The van der Waals surface area contributed by atoms with E-state index in [-0.39, 0.29) is 24.4 Å². The van der Waals surface area contributed by atoms with Gasteiger partial charge in [-0.05, 0) is 16.7 Å². The Balaban J connectivity index is 1.39. The summed E-state index contributed by atoms with van der Waals surface area (Å²) in [6.45, 7) is -0.667. The molecule has 4 aromatic rings. The maximum absolute atomic E-state index is 12.7. The number of alkyl halides is 3. The number of carbonyl (C=O) groups excluding carboxylic acids is 1. The second-order valence-electron chi connectivity index (χ2n) is 10.2. The van der Waals surface area contributed by atoms with E-state index in [0.29, 0.717) is 0 Å². The van der Waals surface area contributed by atoms with Gasteiger partial charge in [0.1, 0.15) is 23.8 Å². The van der Waals surface area contributed by atoms with Crippen LogP contribution >= 0.6 is 0 Å². The Morgan fingerprint density at radius 2 is 1.53 bits per heavy atom. The van der Waals surface area contributed by atoms with Crippen molar-refractivity contribution in [1.82, 2.24) is 14.9 Å². The molecule has 0 unspecified atom stereocenters. The lowest BCUT2D eigenvalue weighted by Gasteiger charge is -2.37. The first-order valence-corrected chi connectivity index (χ1v) is 14.0. The normalized spacial score (nSPS) is 18.2. The molecule has 45 heavy (non-hydrogen) atoms. The van der Waals surface area contributed by atoms with Crippen molar-refractivity contribution in [3.05, 3.63) is 130 Å². The molecule has 0 saturated carbocycles. The molecule has 0 radical (unpaired) electrons. The third-order valence-electron chi connectivity index (χ3n) is 7.32. The summed E-state index contributed by atoms with van der Waals surface area (Å²) >= 11 is 0. The first-order chi connectivity index (χ1) is 21.6. The molecule has 1 aliphatic rings. The zero-order chi connectivity index (χ0) is 32.0. The van der Waals surface area contributed by atoms with Crippen LogP contribution in [-0.4, -0.2) is 52.1 Å². The van der Waals surface area contributed by atoms with Crippen LogP contribution in [0.1, 0.15) is 34.9 Å². The number of nitrogens with zero attached hydrogens (tertiary/aromatic N) is 2. The van der Waals surface area contributed by atoms with E-state index in [2.05, 4.69) is 16.8 Å². The van der Waals surface area contributed by atoms with Gasteiger partial charge in [0.15, 0.2) is 0 Å². The summed E-state index contributed by atoms with van der Waals surface area (Å²) in [6.07, 6.45) is -6.60. The molecule has 5 rings (SSSR count). The number of nitrogens with two attached hydrogens (primary N) is 1. The highest BCUT2D eigenvalue weighted by Crippen LogP contribution is 2.41. The molecular weight excluding hydrogens is 589 g/mol. The minimum absolute atomic E-state index is 0.0169. The molecule has 4 N–H and O–H groups in total. The Hall–Kier alpha value is -4.96. The van der Waals surface area contributed by atoms with Crippen molar-refractivity contribution in [2.24, 2.45) is 0 Å². The number of aromatic nitrogens is 2. The molecule has 1 aliphatic heterocycles. The number of halogens is 3. The first-order valence-electron chi connectivity index (χ1n) is 14.0. The van der Waals surface area contributed by atoms with Crippen molar-refractivity contribution >= 4 is 11.7 Å². The Bertz CT molecular complexity index is 1640. The van der Waals surface area contributed by atoms with Crippen LogP contribution in [0, 0.1) is 11.8 Å². The number of benzene rings is 3. The van der Waals surface area contributed by atoms with Crippen LogP contribution in [0.2, 0.25) is 0 Å². The van der Waals surface area contributed by atoms with E-state index in [1.165, 1.54) is 6.20 Å². The second-order valence-corrected chi connectivity index (χ2v) is 10.2. The second kappa shape index (κ2) is 13.4. The van der Waals surface area contributed by atoms with Gasteiger partial charge in [-0.2, -0.15) is 18.2 Å². The average molecular weight is 619 g/mol. The van der Waals surface area contributed by atoms with E-state index in [0.717, 1.165) is 21.3 Å². The van der Waals surface area contributed by atoms with Crippen LogP contribution in [0.25, 0.3) is 0 Å². The summed E-state index contributed by atoms with van der Waals surface area (Å²) in [6, 6.07) is 29.0. The monoisotopic (exact) mass is 618 g/mol. The van der Waals surface area contributed by atoms with E-state index in [9.17, 15) is 27.9 Å². The fraction of sp³-hybridized carbons (Fsp3) is 0.242. The summed E-state index contributed by atoms with van der Waals surface area (Å²) < 4.78 is 51.2. The van der Waals surface area contributed by atoms with Crippen molar-refractivity contribution in [1.29, 1.82) is 0 Å². The first kappa shape index (κ1) is 31.5. The third-order valence-corrected chi connectivity index (χ3v) is 7.32. The highest BCUT2D eigenvalue weighted by Gasteiger charge is 2.42. The number of aliphatic hydroxyl groups is 1. The lowest BCUT2D eigenvalue weighted by molar-refractivity contribution is -0.173. The Kier molecular flexibility index (Phi) is 9.34. The molecule has 0 aliphatic carbocycles. The zero-order valence-electron chi connectivity index (χ0n) is 23.8. The zero-order valence-corrected chi connectivity index (χ0v) is 23.8. The number of anilines is 1. The number of hydrogen-bond acceptors (Lipinski definition) is 7. The van der Waals surface area contributed by atoms with E-state index < -0.39 is 48.4 Å². The van der Waals surface area contributed by atoms with Crippen LogP contribution in [0.5, 0.6) is 0 Å². The van der Waals surface area contributed by atoms with Gasteiger partial charge in [0.05, 0.1) is 24.8 Å². The largest absolute Gasteiger partial charge is 0.471 e. The minimum atomic E-state index is -5.04. The van der Waals surface area contributed by atoms with Crippen molar-refractivity contribution in [3.63, 3.8) is 0 Å². The molecule has 1 aromatic heterocycles. The van der Waals surface area contributed by atoms with Crippen molar-refractivity contribution < 1.29 is 32.5 Å². The molecule has 2 heterocycles. The number of nitrogens with one attached hydrogen (secondary N) is 1. The summed E-state index contributed by atoms with van der Waals surface area (Å²) in [4.78, 5) is 27.5. The average Bonchev–Trinajstić information content (AvgIpc) is 3.41. The summed E-state index contributed by atoms with van der Waals surface area (Å²) in [5.41, 5.74) is 6.60. The predicted octanol–water partition coefficient (Wildman–Crippen LogP) is 3.51. The van der Waals surface area contributed by atoms with E-state index in [1.807, 2.05) is 91.0 Å². The van der Waals surface area contributed by atoms with Crippen molar-refractivity contribution in [2.75, 3.05) is 18.9 Å². The number of amides is 1. The van der Waals surface area contributed by atoms with Gasteiger partial charge in [0.25, 0.3) is 0 Å². The minimum Gasteiger partial charge on any atom is -0.390 e. The molecule has 1 saturated heterocycles. The summed E-state index contributed by atoms with van der Waals surface area (Å²) in [5.74, 6) is 2.49. The Labute approximate surface area is 256 Å². The van der Waals surface area contributed by atoms with E-state index >= 15 is 0 Å². The number of ether oxygens (including phenoxy) is 2. The lowest BCUT2D eigenvalue weighted by atomic mass is 9.80. The SMILES string of the molecule is Nc1nc(=O)n([C@H]2C[C@H](O)[C@@H](COC(c3ccccc3)(c3ccccc3)c3ccccc3)O2)cc1C#CCNC(=O)C(F)(F)F. The number of aliphatic hydroxyl groups excluding tert-OH is 1. The van der Waals surface area contributed by atoms with E-state index in [1.54, 1.807) is 5.32 Å². The van der Waals surface area contributed by atoms with Gasteiger partial charge >= 0.3 is 17.8 Å². The van der Waals surface area contributed by atoms with Gasteiger partial charge < -0.3 is 25.6 Å². The van der Waals surface area contributed by atoms with Gasteiger partial charge in [-0.25, -0.2) is 4.79 Å². The Morgan fingerprint density at radius 3 is 2.04 bits per heavy atom. The van der Waals surface area contributed by atoms with Crippen molar-refractivity contribution in [3.8, 4) is 11.8 Å². The fourth-order valence-electron chi connectivity index (χ4n) is 5.16.